The van der Waals surface area contributed by atoms with Crippen LogP contribution >= 0.6 is 0 Å². The van der Waals surface area contributed by atoms with Crippen LogP contribution in [0.25, 0.3) is 33.1 Å². The molecule has 7 rings (SSSR count). The topological polar surface area (TPSA) is 115 Å². The number of benzene rings is 2. The lowest BCUT2D eigenvalue weighted by Gasteiger charge is -2.42. The second kappa shape index (κ2) is 9.24. The molecule has 0 aliphatic carbocycles. The first-order chi connectivity index (χ1) is 19.4. The van der Waals surface area contributed by atoms with Gasteiger partial charge in [0.2, 0.25) is 0 Å². The molecule has 3 aromatic heterocycles. The number of piperidine rings is 1. The fraction of sp³-hybridized carbons (Fsp3) is 0.258. The van der Waals surface area contributed by atoms with Crippen molar-refractivity contribution in [1.82, 2.24) is 9.47 Å². The van der Waals surface area contributed by atoms with Crippen LogP contribution in [0.4, 0.5) is 0 Å². The van der Waals surface area contributed by atoms with Crippen molar-refractivity contribution in [2.75, 3.05) is 20.2 Å². The van der Waals surface area contributed by atoms with Gasteiger partial charge in [-0.15, -0.1) is 0 Å². The fourth-order valence-corrected chi connectivity index (χ4v) is 6.46. The van der Waals surface area contributed by atoms with E-state index >= 15 is 0 Å². The highest BCUT2D eigenvalue weighted by Gasteiger charge is 2.35. The Kier molecular flexibility index (Phi) is 5.64. The van der Waals surface area contributed by atoms with Gasteiger partial charge in [0.25, 0.3) is 5.56 Å². The third kappa shape index (κ3) is 3.93. The van der Waals surface area contributed by atoms with Crippen LogP contribution in [0.2, 0.25) is 0 Å². The largest absolute Gasteiger partial charge is 0.507 e. The molecule has 5 heterocycles. The number of aromatic hydroxyl groups is 1. The molecule has 2 aliphatic heterocycles. The van der Waals surface area contributed by atoms with Gasteiger partial charge in [-0.2, -0.15) is 0 Å². The molecule has 0 radical (unpaired) electrons. The van der Waals surface area contributed by atoms with Crippen molar-refractivity contribution in [1.29, 1.82) is 0 Å². The van der Waals surface area contributed by atoms with E-state index in [9.17, 15) is 19.5 Å². The van der Waals surface area contributed by atoms with E-state index in [1.54, 1.807) is 48.5 Å². The van der Waals surface area contributed by atoms with E-state index in [4.69, 9.17) is 13.6 Å². The number of phenolic OH excluding ortho intramolecular Hbond substituents is 1. The summed E-state index contributed by atoms with van der Waals surface area (Å²) in [6.45, 7) is 2.46. The van der Waals surface area contributed by atoms with E-state index in [-0.39, 0.29) is 28.4 Å². The van der Waals surface area contributed by atoms with Crippen molar-refractivity contribution in [3.05, 3.63) is 103 Å². The molecule has 0 saturated carbocycles. The van der Waals surface area contributed by atoms with Crippen LogP contribution in [-0.2, 0) is 13.1 Å². The number of ether oxygens (including phenoxy) is 1. The van der Waals surface area contributed by atoms with Crippen molar-refractivity contribution in [3.63, 3.8) is 0 Å². The minimum absolute atomic E-state index is 0.00966. The Morgan fingerprint density at radius 1 is 0.925 bits per heavy atom. The van der Waals surface area contributed by atoms with Gasteiger partial charge in [-0.3, -0.25) is 9.69 Å². The maximum atomic E-state index is 13.1. The average molecular weight is 539 g/mol. The van der Waals surface area contributed by atoms with Crippen LogP contribution in [0.5, 0.6) is 11.5 Å². The quantitative estimate of drug-likeness (QED) is 0.341. The molecule has 9 heteroatoms. The van der Waals surface area contributed by atoms with Crippen molar-refractivity contribution < 1.29 is 18.7 Å². The van der Waals surface area contributed by atoms with E-state index in [0.717, 1.165) is 18.7 Å². The van der Waals surface area contributed by atoms with Crippen LogP contribution in [0.3, 0.4) is 0 Å². The number of para-hydroxylation sites is 1. The van der Waals surface area contributed by atoms with Crippen molar-refractivity contribution in [2.24, 2.45) is 5.92 Å². The normalized spacial score (nSPS) is 18.6. The Morgan fingerprint density at radius 2 is 1.77 bits per heavy atom. The van der Waals surface area contributed by atoms with Crippen LogP contribution in [-0.4, -0.2) is 34.8 Å². The Bertz CT molecular complexity index is 1990. The average Bonchev–Trinajstić information content (AvgIpc) is 2.94. The van der Waals surface area contributed by atoms with Gasteiger partial charge in [0.1, 0.15) is 11.3 Å². The molecule has 1 saturated heterocycles. The molecule has 2 aromatic carbocycles. The molecule has 2 aliphatic rings. The van der Waals surface area contributed by atoms with Gasteiger partial charge in [-0.25, -0.2) is 9.59 Å². The highest BCUT2D eigenvalue weighted by Crippen LogP contribution is 2.38. The predicted octanol–water partition coefficient (Wildman–Crippen LogP) is 4.06. The minimum Gasteiger partial charge on any atom is -0.507 e. The highest BCUT2D eigenvalue weighted by atomic mass is 16.5. The zero-order valence-corrected chi connectivity index (χ0v) is 21.8. The van der Waals surface area contributed by atoms with E-state index in [2.05, 4.69) is 4.90 Å². The van der Waals surface area contributed by atoms with Gasteiger partial charge in [-0.05, 0) is 42.7 Å². The molecular formula is C31H26N2O7. The Labute approximate surface area is 227 Å². The number of hydrogen-bond acceptors (Lipinski definition) is 8. The third-order valence-corrected chi connectivity index (χ3v) is 8.16. The van der Waals surface area contributed by atoms with Crippen molar-refractivity contribution >= 4 is 21.9 Å². The van der Waals surface area contributed by atoms with Crippen molar-refractivity contribution in [3.8, 4) is 22.6 Å². The second-order valence-corrected chi connectivity index (χ2v) is 10.6. The third-order valence-electron chi connectivity index (χ3n) is 8.16. The molecule has 1 fully saturated rings. The molecule has 0 spiro atoms. The molecule has 9 nitrogen and oxygen atoms in total. The number of fused-ring (bicyclic) bond motifs is 6. The maximum Gasteiger partial charge on any atom is 0.344 e. The molecular weight excluding hydrogens is 512 g/mol. The van der Waals surface area contributed by atoms with Crippen LogP contribution in [0.15, 0.2) is 83.9 Å². The predicted molar refractivity (Wildman–Crippen MR) is 149 cm³/mol. The molecule has 5 aromatic rings. The summed E-state index contributed by atoms with van der Waals surface area (Å²) < 4.78 is 18.5. The highest BCUT2D eigenvalue weighted by molar-refractivity contribution is 5.97. The molecule has 2 bridgehead atoms. The summed E-state index contributed by atoms with van der Waals surface area (Å²) in [5, 5.41) is 12.1. The smallest absolute Gasteiger partial charge is 0.344 e. The minimum atomic E-state index is -0.636. The zero-order valence-electron chi connectivity index (χ0n) is 21.8. The van der Waals surface area contributed by atoms with E-state index in [1.807, 2.05) is 10.6 Å². The Morgan fingerprint density at radius 3 is 2.62 bits per heavy atom. The van der Waals surface area contributed by atoms with Crippen LogP contribution in [0, 0.1) is 5.92 Å². The summed E-state index contributed by atoms with van der Waals surface area (Å²) in [6.07, 6.45) is 1.00. The van der Waals surface area contributed by atoms with Gasteiger partial charge < -0.3 is 23.2 Å². The molecule has 40 heavy (non-hydrogen) atoms. The SMILES string of the molecule is COc1cccc2cc(-c3cc(=O)oc4c(CN5C[C@H]6C[C@@H](C5)c5cccc(=O)n5C6)c(O)ccc34)c(=O)oc12. The molecule has 202 valence electrons. The first-order valence-electron chi connectivity index (χ1n) is 13.2. The molecule has 0 unspecified atom stereocenters. The zero-order chi connectivity index (χ0) is 27.5. The number of rotatable bonds is 4. The van der Waals surface area contributed by atoms with Gasteiger partial charge in [0, 0.05) is 66.3 Å². The Balaban J connectivity index is 1.31. The summed E-state index contributed by atoms with van der Waals surface area (Å²) in [5.74, 6) is 0.936. The molecule has 0 amide bonds. The van der Waals surface area contributed by atoms with E-state index in [0.29, 0.717) is 58.8 Å². The number of phenols is 1. The summed E-state index contributed by atoms with van der Waals surface area (Å²) in [7, 11) is 1.50. The number of pyridine rings is 1. The van der Waals surface area contributed by atoms with E-state index < -0.39 is 11.3 Å². The van der Waals surface area contributed by atoms with Gasteiger partial charge in [-0.1, -0.05) is 18.2 Å². The summed E-state index contributed by atoms with van der Waals surface area (Å²) in [4.78, 5) is 40.6. The van der Waals surface area contributed by atoms with Gasteiger partial charge in [0.05, 0.1) is 18.2 Å². The summed E-state index contributed by atoms with van der Waals surface area (Å²) >= 11 is 0. The van der Waals surface area contributed by atoms with Crippen molar-refractivity contribution in [2.45, 2.75) is 25.4 Å². The van der Waals surface area contributed by atoms with Gasteiger partial charge in [0.15, 0.2) is 11.3 Å². The first-order valence-corrected chi connectivity index (χ1v) is 13.2. The maximum absolute atomic E-state index is 13.1. The lowest BCUT2D eigenvalue weighted by Crippen LogP contribution is -2.46. The number of hydrogen-bond donors (Lipinski definition) is 1. The number of aromatic nitrogens is 1. The van der Waals surface area contributed by atoms with Crippen LogP contribution in [0.1, 0.15) is 23.6 Å². The lowest BCUT2D eigenvalue weighted by molar-refractivity contribution is 0.113. The Hall–Kier alpha value is -4.63. The lowest BCUT2D eigenvalue weighted by atomic mass is 9.83. The number of methoxy groups -OCH3 is 1. The second-order valence-electron chi connectivity index (χ2n) is 10.6. The molecule has 1 N–H and O–H groups in total. The number of likely N-dealkylation sites (tertiary alicyclic amines) is 1. The number of nitrogens with zero attached hydrogens (tertiary/aromatic N) is 2. The van der Waals surface area contributed by atoms with Crippen LogP contribution < -0.4 is 21.5 Å². The fourth-order valence-electron chi connectivity index (χ4n) is 6.46. The van der Waals surface area contributed by atoms with E-state index in [1.165, 1.54) is 13.2 Å². The van der Waals surface area contributed by atoms with Gasteiger partial charge >= 0.3 is 11.3 Å². The summed E-state index contributed by atoms with van der Waals surface area (Å²) in [6, 6.07) is 16.9. The molecule has 2 atom stereocenters. The monoisotopic (exact) mass is 538 g/mol. The summed E-state index contributed by atoms with van der Waals surface area (Å²) in [5.41, 5.74) is 1.43. The standard InChI is InChI=1S/C31H26N2O7/c1-38-26-6-2-4-18-11-22(31(37)40-29(18)26)21-12-28(36)39-30-20(21)8-9-25(34)23(30)16-32-13-17-10-19(15-32)24-5-3-7-27(35)33(24)14-17/h2-9,11-12,17,19,34H,10,13-16H2,1H3/t17-,19+/m1/s1. The first kappa shape index (κ1) is 24.4.